The van der Waals surface area contributed by atoms with E-state index in [0.717, 1.165) is 17.9 Å². The lowest BCUT2D eigenvalue weighted by atomic mass is 10.1. The van der Waals surface area contributed by atoms with Crippen LogP contribution in [-0.4, -0.2) is 52.7 Å². The Morgan fingerprint density at radius 1 is 1.29 bits per heavy atom. The maximum absolute atomic E-state index is 11.7. The number of hydrogen-bond donors (Lipinski definition) is 0. The topological polar surface area (TPSA) is 68.1 Å². The smallest absolute Gasteiger partial charge is 0.151 e. The molecule has 2 aliphatic rings. The van der Waals surface area contributed by atoms with Crippen LogP contribution in [0.2, 0.25) is 0 Å². The van der Waals surface area contributed by atoms with Crippen LogP contribution in [-0.2, 0) is 29.2 Å². The van der Waals surface area contributed by atoms with E-state index in [2.05, 4.69) is 33.2 Å². The van der Waals surface area contributed by atoms with Crippen molar-refractivity contribution >= 4 is 9.84 Å². The fourth-order valence-corrected chi connectivity index (χ4v) is 5.56. The average Bonchev–Trinajstić information content (AvgIpc) is 3.25. The SMILES string of the molecule is CN(Cc1ncnn1-c1ccc2c(c1)CCC2)[C@H]1CCS(=O)(=O)C1. The summed E-state index contributed by atoms with van der Waals surface area (Å²) in [5.41, 5.74) is 3.88. The van der Waals surface area contributed by atoms with Gasteiger partial charge in [0.05, 0.1) is 23.7 Å². The number of benzene rings is 1. The van der Waals surface area contributed by atoms with Crippen molar-refractivity contribution in [2.75, 3.05) is 18.6 Å². The minimum absolute atomic E-state index is 0.0696. The van der Waals surface area contributed by atoms with Crippen LogP contribution in [0.1, 0.15) is 29.8 Å². The van der Waals surface area contributed by atoms with Gasteiger partial charge in [-0.3, -0.25) is 4.90 Å². The molecule has 0 radical (unpaired) electrons. The Morgan fingerprint density at radius 2 is 2.12 bits per heavy atom. The van der Waals surface area contributed by atoms with Crippen LogP contribution < -0.4 is 0 Å². The van der Waals surface area contributed by atoms with Crippen LogP contribution >= 0.6 is 0 Å². The van der Waals surface area contributed by atoms with Crippen LogP contribution in [0.3, 0.4) is 0 Å². The Kier molecular flexibility index (Phi) is 3.92. The molecule has 1 aromatic carbocycles. The first-order chi connectivity index (χ1) is 11.5. The molecular weight excluding hydrogens is 324 g/mol. The number of hydrogen-bond acceptors (Lipinski definition) is 5. The molecule has 0 saturated carbocycles. The zero-order valence-corrected chi connectivity index (χ0v) is 14.7. The van der Waals surface area contributed by atoms with E-state index < -0.39 is 9.84 Å². The van der Waals surface area contributed by atoms with Crippen molar-refractivity contribution in [2.24, 2.45) is 0 Å². The van der Waals surface area contributed by atoms with Crippen molar-refractivity contribution in [3.05, 3.63) is 41.5 Å². The number of fused-ring (bicyclic) bond motifs is 1. The summed E-state index contributed by atoms with van der Waals surface area (Å²) in [6.07, 6.45) is 5.79. The third kappa shape index (κ3) is 2.98. The van der Waals surface area contributed by atoms with Gasteiger partial charge >= 0.3 is 0 Å². The number of aromatic nitrogens is 3. The summed E-state index contributed by atoms with van der Waals surface area (Å²) in [5, 5.41) is 4.38. The number of aryl methyl sites for hydroxylation is 2. The maximum atomic E-state index is 11.7. The molecule has 0 unspecified atom stereocenters. The van der Waals surface area contributed by atoms with Gasteiger partial charge in [0.25, 0.3) is 0 Å². The Labute approximate surface area is 142 Å². The molecule has 6 nitrogen and oxygen atoms in total. The average molecular weight is 346 g/mol. The Balaban J connectivity index is 1.55. The highest BCUT2D eigenvalue weighted by Gasteiger charge is 2.31. The van der Waals surface area contributed by atoms with E-state index >= 15 is 0 Å². The summed E-state index contributed by atoms with van der Waals surface area (Å²) in [6.45, 7) is 0.595. The molecule has 0 spiro atoms. The summed E-state index contributed by atoms with van der Waals surface area (Å²) < 4.78 is 25.2. The third-order valence-corrected chi connectivity index (χ3v) is 6.92. The predicted molar refractivity (Wildman–Crippen MR) is 91.9 cm³/mol. The fourth-order valence-electron chi connectivity index (χ4n) is 3.75. The largest absolute Gasteiger partial charge is 0.295 e. The summed E-state index contributed by atoms with van der Waals surface area (Å²) in [4.78, 5) is 6.48. The maximum Gasteiger partial charge on any atom is 0.151 e. The Morgan fingerprint density at radius 3 is 2.92 bits per heavy atom. The van der Waals surface area contributed by atoms with E-state index in [1.807, 2.05) is 11.7 Å². The second-order valence-electron chi connectivity index (χ2n) is 6.87. The molecule has 24 heavy (non-hydrogen) atoms. The van der Waals surface area contributed by atoms with Crippen molar-refractivity contribution in [2.45, 2.75) is 38.3 Å². The molecular formula is C17H22N4O2S. The minimum Gasteiger partial charge on any atom is -0.295 e. The molecule has 4 rings (SSSR count). The minimum atomic E-state index is -2.87. The second kappa shape index (κ2) is 5.97. The normalized spacial score (nSPS) is 22.2. The van der Waals surface area contributed by atoms with Crippen LogP contribution in [0.25, 0.3) is 5.69 Å². The van der Waals surface area contributed by atoms with Gasteiger partial charge in [-0.1, -0.05) is 6.07 Å². The van der Waals surface area contributed by atoms with Crippen molar-refractivity contribution in [3.8, 4) is 5.69 Å². The highest BCUT2D eigenvalue weighted by molar-refractivity contribution is 7.91. The van der Waals surface area contributed by atoms with Gasteiger partial charge in [-0.05, 0) is 56.0 Å². The first-order valence-corrected chi connectivity index (χ1v) is 10.3. The zero-order chi connectivity index (χ0) is 16.7. The van der Waals surface area contributed by atoms with Crippen molar-refractivity contribution in [3.63, 3.8) is 0 Å². The van der Waals surface area contributed by atoms with Gasteiger partial charge < -0.3 is 0 Å². The van der Waals surface area contributed by atoms with E-state index in [1.165, 1.54) is 24.0 Å². The molecule has 1 fully saturated rings. The van der Waals surface area contributed by atoms with E-state index in [4.69, 9.17) is 0 Å². The number of rotatable bonds is 4. The van der Waals surface area contributed by atoms with Crippen molar-refractivity contribution < 1.29 is 8.42 Å². The lowest BCUT2D eigenvalue weighted by Gasteiger charge is -2.22. The van der Waals surface area contributed by atoms with E-state index in [1.54, 1.807) is 6.33 Å². The monoisotopic (exact) mass is 346 g/mol. The molecule has 1 aromatic heterocycles. The molecule has 2 aromatic rings. The van der Waals surface area contributed by atoms with Crippen LogP contribution in [0.5, 0.6) is 0 Å². The van der Waals surface area contributed by atoms with Gasteiger partial charge in [0.2, 0.25) is 0 Å². The van der Waals surface area contributed by atoms with Gasteiger partial charge in [0, 0.05) is 6.04 Å². The van der Waals surface area contributed by atoms with E-state index in [0.29, 0.717) is 18.7 Å². The first-order valence-electron chi connectivity index (χ1n) is 8.43. The summed E-state index contributed by atoms with van der Waals surface area (Å²) in [7, 11) is -0.908. The van der Waals surface area contributed by atoms with Gasteiger partial charge in [0.15, 0.2) is 9.84 Å². The van der Waals surface area contributed by atoms with E-state index in [-0.39, 0.29) is 11.8 Å². The van der Waals surface area contributed by atoms with Crippen LogP contribution in [0.4, 0.5) is 0 Å². The summed E-state index contributed by atoms with van der Waals surface area (Å²) >= 11 is 0. The van der Waals surface area contributed by atoms with Crippen LogP contribution in [0.15, 0.2) is 24.5 Å². The van der Waals surface area contributed by atoms with Crippen molar-refractivity contribution in [1.29, 1.82) is 0 Å². The molecule has 0 N–H and O–H groups in total. The molecule has 2 heterocycles. The lowest BCUT2D eigenvalue weighted by Crippen LogP contribution is -2.33. The summed E-state index contributed by atoms with van der Waals surface area (Å²) in [6, 6.07) is 6.57. The molecule has 1 saturated heterocycles. The molecule has 0 amide bonds. The molecule has 7 heteroatoms. The van der Waals surface area contributed by atoms with E-state index in [9.17, 15) is 8.42 Å². The lowest BCUT2D eigenvalue weighted by molar-refractivity contribution is 0.246. The second-order valence-corrected chi connectivity index (χ2v) is 9.10. The zero-order valence-electron chi connectivity index (χ0n) is 13.9. The number of sulfone groups is 1. The highest BCUT2D eigenvalue weighted by Crippen LogP contribution is 2.25. The van der Waals surface area contributed by atoms with Gasteiger partial charge in [-0.15, -0.1) is 0 Å². The van der Waals surface area contributed by atoms with Gasteiger partial charge in [-0.25, -0.2) is 18.1 Å². The number of nitrogens with zero attached hydrogens (tertiary/aromatic N) is 4. The van der Waals surface area contributed by atoms with Gasteiger partial charge in [0.1, 0.15) is 12.2 Å². The Hall–Kier alpha value is -1.73. The molecule has 1 aliphatic heterocycles. The Bertz CT molecular complexity index is 859. The quantitative estimate of drug-likeness (QED) is 0.836. The fraction of sp³-hybridized carbons (Fsp3) is 0.529. The van der Waals surface area contributed by atoms with Crippen LogP contribution in [0, 0.1) is 0 Å². The highest BCUT2D eigenvalue weighted by atomic mass is 32.2. The first kappa shape index (κ1) is 15.8. The molecule has 1 aliphatic carbocycles. The third-order valence-electron chi connectivity index (χ3n) is 5.17. The molecule has 0 bridgehead atoms. The van der Waals surface area contributed by atoms with Crippen molar-refractivity contribution in [1.82, 2.24) is 19.7 Å². The van der Waals surface area contributed by atoms with Gasteiger partial charge in [-0.2, -0.15) is 5.10 Å². The summed E-state index contributed by atoms with van der Waals surface area (Å²) in [5.74, 6) is 1.38. The molecule has 1 atom stereocenters. The predicted octanol–water partition coefficient (Wildman–Crippen LogP) is 1.37. The molecule has 128 valence electrons. The standard InChI is InChI=1S/C17H22N4O2S/c1-20(16-7-8-24(22,23)11-16)10-17-18-12-19-21(17)15-6-5-13-3-2-4-14(13)9-15/h5-6,9,12,16H,2-4,7-8,10-11H2,1H3/t16-/m0/s1.